The predicted molar refractivity (Wildman–Crippen MR) is 574 cm³/mol. The lowest BCUT2D eigenvalue weighted by atomic mass is 9.93. The van der Waals surface area contributed by atoms with Crippen LogP contribution in [0, 0.1) is 0 Å². The third kappa shape index (κ3) is 14.4. The van der Waals surface area contributed by atoms with E-state index in [0.717, 1.165) is 88.7 Å². The van der Waals surface area contributed by atoms with Crippen LogP contribution in [0.5, 0.6) is 0 Å². The van der Waals surface area contributed by atoms with Crippen LogP contribution in [0.4, 0.5) is 34.1 Å². The Morgan fingerprint density at radius 2 is 0.280 bits per heavy atom. The molecular formula is C126H94N2Si4. The highest BCUT2D eigenvalue weighted by Gasteiger charge is 2.46. The molecule has 0 unspecified atom stereocenters. The van der Waals surface area contributed by atoms with Gasteiger partial charge in [-0.2, -0.15) is 0 Å². The monoisotopic (exact) mass is 1750 g/mol. The van der Waals surface area contributed by atoms with Gasteiger partial charge < -0.3 is 9.80 Å². The highest BCUT2D eigenvalue weighted by atomic mass is 28.3. The maximum atomic E-state index is 2.58. The van der Waals surface area contributed by atoms with Crippen LogP contribution in [0.2, 0.25) is 0 Å². The van der Waals surface area contributed by atoms with Crippen molar-refractivity contribution in [3.8, 4) is 22.3 Å². The Labute approximate surface area is 778 Å². The van der Waals surface area contributed by atoms with Gasteiger partial charge in [-0.25, -0.2) is 0 Å². The van der Waals surface area contributed by atoms with Crippen LogP contribution >= 0.6 is 0 Å². The first-order chi connectivity index (χ1) is 65.5. The molecule has 6 heteroatoms. The van der Waals surface area contributed by atoms with E-state index in [4.69, 9.17) is 0 Å². The van der Waals surface area contributed by atoms with Crippen molar-refractivity contribution in [2.24, 2.45) is 0 Å². The average Bonchev–Trinajstić information content (AvgIpc) is 0.726. The highest BCUT2D eigenvalue weighted by Crippen LogP contribution is 2.49. The van der Waals surface area contributed by atoms with Crippen molar-refractivity contribution in [1.82, 2.24) is 0 Å². The maximum Gasteiger partial charge on any atom is 0.179 e. The van der Waals surface area contributed by atoms with Gasteiger partial charge in [0.1, 0.15) is 0 Å². The van der Waals surface area contributed by atoms with Crippen molar-refractivity contribution >= 4 is 182 Å². The summed E-state index contributed by atoms with van der Waals surface area (Å²) >= 11 is 0. The van der Waals surface area contributed by atoms with Crippen molar-refractivity contribution in [2.45, 2.75) is 0 Å². The minimum Gasteiger partial charge on any atom is -0.310 e. The van der Waals surface area contributed by atoms with E-state index in [9.17, 15) is 0 Å². The first-order valence-corrected chi connectivity index (χ1v) is 53.8. The zero-order valence-electron chi connectivity index (χ0n) is 73.2. The first-order valence-electron chi connectivity index (χ1n) is 45.8. The van der Waals surface area contributed by atoms with E-state index in [-0.39, 0.29) is 0 Å². The van der Waals surface area contributed by atoms with Crippen molar-refractivity contribution in [1.29, 1.82) is 0 Å². The number of anilines is 6. The van der Waals surface area contributed by atoms with Crippen LogP contribution in [0.25, 0.3) is 54.6 Å². The van der Waals surface area contributed by atoms with Gasteiger partial charge in [-0.15, -0.1) is 0 Å². The van der Waals surface area contributed by atoms with Crippen LogP contribution in [0.1, 0.15) is 0 Å². The summed E-state index contributed by atoms with van der Waals surface area (Å²) in [7, 11) is -11.9. The largest absolute Gasteiger partial charge is 0.310 e. The smallest absolute Gasteiger partial charge is 0.179 e. The summed E-state index contributed by atoms with van der Waals surface area (Å²) in [4.78, 5) is 5.16. The molecule has 0 bridgehead atoms. The highest BCUT2D eigenvalue weighted by molar-refractivity contribution is 7.22. The molecule has 0 saturated heterocycles. The Morgan fingerprint density at radius 3 is 0.508 bits per heavy atom. The number of hydrogen-bond donors (Lipinski definition) is 0. The van der Waals surface area contributed by atoms with Crippen molar-refractivity contribution in [3.63, 3.8) is 0 Å². The van der Waals surface area contributed by atoms with Crippen LogP contribution in [0.15, 0.2) is 570 Å². The SMILES string of the molecule is c1ccc([Si](c2ccccc2)(c2ccccc2)c2ccc(-c3cccc(N(c4cccc([Si](c5ccccc5)(c5ccccc5)c5ccccc5)c4)c4cc5c6ccccc6c(N(c6cccc(-c7ccc([Si](c8ccccc8)(c8ccccc8)c8ccccc8)cc7)c6)c6cccc([Si](c7ccccc7)(c7ccccc7)c7ccccc7)c6)cc5c5ccccc45)c3)cc2)cc1. The minimum atomic E-state index is -3.10. The van der Waals surface area contributed by atoms with E-state index in [1.54, 1.807) is 0 Å². The molecule has 0 amide bonds. The summed E-state index contributed by atoms with van der Waals surface area (Å²) in [5.41, 5.74) is 10.8. The Morgan fingerprint density at radius 1 is 0.106 bits per heavy atom. The number of rotatable bonds is 24. The van der Waals surface area contributed by atoms with Gasteiger partial charge in [0.15, 0.2) is 32.3 Å². The molecule has 624 valence electrons. The van der Waals surface area contributed by atoms with Gasteiger partial charge in [0.2, 0.25) is 0 Å². The summed E-state index contributed by atoms with van der Waals surface area (Å²) in [6.07, 6.45) is 0. The third-order valence-corrected chi connectivity index (χ3v) is 46.5. The van der Waals surface area contributed by atoms with Crippen LogP contribution < -0.4 is 92.8 Å². The van der Waals surface area contributed by atoms with E-state index in [1.165, 1.54) is 83.0 Å². The first kappa shape index (κ1) is 81.8. The van der Waals surface area contributed by atoms with Gasteiger partial charge in [-0.3, -0.25) is 0 Å². The summed E-state index contributed by atoms with van der Waals surface area (Å²) in [5.74, 6) is 0. The average molecular weight is 1750 g/mol. The van der Waals surface area contributed by atoms with Gasteiger partial charge in [-0.1, -0.05) is 510 Å². The maximum absolute atomic E-state index is 3.10. The van der Waals surface area contributed by atoms with Crippen LogP contribution in [-0.2, 0) is 0 Å². The molecule has 22 aromatic rings. The molecular weight excluding hydrogens is 1650 g/mol. The van der Waals surface area contributed by atoms with Crippen LogP contribution in [-0.4, -0.2) is 32.3 Å². The lowest BCUT2D eigenvalue weighted by Crippen LogP contribution is -2.74. The Bertz CT molecular complexity index is 6910. The fourth-order valence-electron chi connectivity index (χ4n) is 21.6. The van der Waals surface area contributed by atoms with Gasteiger partial charge >= 0.3 is 0 Å². The number of nitrogens with zero attached hydrogens (tertiary/aromatic N) is 2. The van der Waals surface area contributed by atoms with E-state index in [2.05, 4.69) is 580 Å². The lowest BCUT2D eigenvalue weighted by Gasteiger charge is -2.36. The molecule has 132 heavy (non-hydrogen) atoms. The molecule has 0 N–H and O–H groups in total. The Kier molecular flexibility index (Phi) is 22.3. The molecule has 0 aromatic heterocycles. The molecule has 0 atom stereocenters. The molecule has 0 spiro atoms. The zero-order chi connectivity index (χ0) is 88.1. The summed E-state index contributed by atoms with van der Waals surface area (Å²) in [5, 5.41) is 28.0. The third-order valence-electron chi connectivity index (χ3n) is 27.4. The fourth-order valence-corrected chi connectivity index (χ4v) is 40.7. The molecule has 0 fully saturated rings. The quantitative estimate of drug-likeness (QED) is 0.0338. The second-order valence-corrected chi connectivity index (χ2v) is 49.6. The summed E-state index contributed by atoms with van der Waals surface area (Å²) in [6.45, 7) is 0. The minimum absolute atomic E-state index is 1.04. The summed E-state index contributed by atoms with van der Waals surface area (Å²) < 4.78 is 0. The van der Waals surface area contributed by atoms with E-state index in [0.29, 0.717) is 0 Å². The van der Waals surface area contributed by atoms with Gasteiger partial charge in [-0.05, 0) is 187 Å². The van der Waals surface area contributed by atoms with E-state index < -0.39 is 32.3 Å². The van der Waals surface area contributed by atoms with Gasteiger partial charge in [0, 0.05) is 33.5 Å². The molecule has 0 aliphatic carbocycles. The predicted octanol–water partition coefficient (Wildman–Crippen LogP) is 20.9. The van der Waals surface area contributed by atoms with E-state index in [1.807, 2.05) is 0 Å². The standard InChI is InChI=1S/C126H94N2Si4/c1-13-51-103(52-14-1)129(104-53-15-2-16-54-104,105-55-17-3-18-56-105)115-85-81-95(82-86-115)97-45-41-47-99(89-97)127(101-49-43-75-117(91-101)131(109-63-25-7-26-64-109,110-65-27-8-28-66-110)111-67-29-9-30-68-111)125-93-123-120-78-38-40-80-122(120)126(94-124(123)119-77-37-39-79-121(119)125)128(102-50-44-76-118(92-102)132(112-69-31-10-32-70-112,113-71-33-11-34-72-113)114-73-35-12-36-74-114)100-48-42-46-98(90-100)96-83-87-116(88-84-96)130(106-57-19-4-20-58-106,107-59-21-5-22-60-107)108-61-23-6-24-62-108/h1-94H. The topological polar surface area (TPSA) is 6.48 Å². The zero-order valence-corrected chi connectivity index (χ0v) is 77.2. The second kappa shape index (κ2) is 36.0. The number of fused-ring (bicyclic) bond motifs is 5. The molecule has 0 aliphatic rings. The Balaban J connectivity index is 0.766. The van der Waals surface area contributed by atoms with Crippen molar-refractivity contribution in [2.75, 3.05) is 9.80 Å². The Hall–Kier alpha value is -15.9. The molecule has 2 nitrogen and oxygen atoms in total. The van der Waals surface area contributed by atoms with Crippen molar-refractivity contribution in [3.05, 3.63) is 570 Å². The summed E-state index contributed by atoms with van der Waals surface area (Å²) in [6, 6.07) is 216. The second-order valence-electron chi connectivity index (χ2n) is 34.4. The van der Waals surface area contributed by atoms with Gasteiger partial charge in [0.05, 0.1) is 11.4 Å². The molecule has 0 radical (unpaired) electrons. The molecule has 22 aromatic carbocycles. The van der Waals surface area contributed by atoms with Crippen molar-refractivity contribution < 1.29 is 0 Å². The van der Waals surface area contributed by atoms with Gasteiger partial charge in [0.25, 0.3) is 0 Å². The lowest BCUT2D eigenvalue weighted by molar-refractivity contribution is 1.30. The fraction of sp³-hybridized carbons (Fsp3) is 0. The van der Waals surface area contributed by atoms with Crippen LogP contribution in [0.3, 0.4) is 0 Å². The van der Waals surface area contributed by atoms with E-state index >= 15 is 0 Å². The molecule has 0 aliphatic heterocycles. The number of hydrogen-bond acceptors (Lipinski definition) is 2. The number of benzene rings is 22. The molecule has 0 heterocycles. The molecule has 0 saturated carbocycles. The normalized spacial score (nSPS) is 11.8. The molecule has 22 rings (SSSR count).